The number of phenols is 1. The zero-order valence-corrected chi connectivity index (χ0v) is 16.4. The van der Waals surface area contributed by atoms with Crippen molar-refractivity contribution in [2.24, 2.45) is 5.10 Å². The van der Waals surface area contributed by atoms with Crippen LogP contribution in [0.25, 0.3) is 0 Å². The SMILES string of the molecule is CCN(CC)c1ccc(/C=N/NS(=O)(=O)c2ccc(Br)cc2)c(O)c1. The molecule has 2 N–H and O–H groups in total. The first-order valence-electron chi connectivity index (χ1n) is 7.75. The molecule has 8 heteroatoms. The number of aromatic hydroxyl groups is 1. The fourth-order valence-corrected chi connectivity index (χ4v) is 3.31. The maximum absolute atomic E-state index is 12.1. The van der Waals surface area contributed by atoms with Crippen LogP contribution in [0.4, 0.5) is 5.69 Å². The third-order valence-corrected chi connectivity index (χ3v) is 5.41. The van der Waals surface area contributed by atoms with Crippen LogP contribution < -0.4 is 9.73 Å². The molecule has 0 amide bonds. The van der Waals surface area contributed by atoms with E-state index >= 15 is 0 Å². The molecule has 2 aromatic carbocycles. The molecule has 0 heterocycles. The van der Waals surface area contributed by atoms with Gasteiger partial charge in [-0.25, -0.2) is 4.83 Å². The van der Waals surface area contributed by atoms with Crippen LogP contribution in [-0.4, -0.2) is 32.8 Å². The molecule has 0 aliphatic carbocycles. The van der Waals surface area contributed by atoms with Gasteiger partial charge in [-0.3, -0.25) is 0 Å². The van der Waals surface area contributed by atoms with Crippen LogP contribution in [0.3, 0.4) is 0 Å². The largest absolute Gasteiger partial charge is 0.507 e. The zero-order valence-electron chi connectivity index (χ0n) is 14.0. The van der Waals surface area contributed by atoms with Gasteiger partial charge in [0.2, 0.25) is 0 Å². The summed E-state index contributed by atoms with van der Waals surface area (Å²) in [5, 5.41) is 13.8. The number of rotatable bonds is 7. The number of nitrogens with zero attached hydrogens (tertiary/aromatic N) is 2. The fourth-order valence-electron chi connectivity index (χ4n) is 2.26. The van der Waals surface area contributed by atoms with Crippen molar-refractivity contribution < 1.29 is 13.5 Å². The first-order valence-corrected chi connectivity index (χ1v) is 10.0. The molecule has 134 valence electrons. The van der Waals surface area contributed by atoms with E-state index in [1.807, 2.05) is 19.9 Å². The molecule has 2 rings (SSSR count). The molecule has 0 aromatic heterocycles. The second kappa shape index (κ2) is 8.35. The third kappa shape index (κ3) is 4.96. The average Bonchev–Trinajstić information content (AvgIpc) is 2.58. The number of benzene rings is 2. The predicted molar refractivity (Wildman–Crippen MR) is 104 cm³/mol. The highest BCUT2D eigenvalue weighted by molar-refractivity contribution is 9.10. The smallest absolute Gasteiger partial charge is 0.276 e. The molecule has 0 unspecified atom stereocenters. The molecule has 0 saturated heterocycles. The summed E-state index contributed by atoms with van der Waals surface area (Å²) in [4.78, 5) is 4.33. The highest BCUT2D eigenvalue weighted by Crippen LogP contribution is 2.23. The minimum absolute atomic E-state index is 0.0380. The van der Waals surface area contributed by atoms with E-state index in [1.165, 1.54) is 18.3 Å². The Labute approximate surface area is 156 Å². The lowest BCUT2D eigenvalue weighted by atomic mass is 10.2. The summed E-state index contributed by atoms with van der Waals surface area (Å²) in [6.07, 6.45) is 1.28. The van der Waals surface area contributed by atoms with E-state index in [4.69, 9.17) is 0 Å². The number of sulfonamides is 1. The van der Waals surface area contributed by atoms with Gasteiger partial charge in [-0.05, 0) is 50.2 Å². The summed E-state index contributed by atoms with van der Waals surface area (Å²) < 4.78 is 25.0. The van der Waals surface area contributed by atoms with Crippen LogP contribution in [0.15, 0.2) is 56.9 Å². The molecule has 0 spiro atoms. The van der Waals surface area contributed by atoms with Crippen LogP contribution in [0, 0.1) is 0 Å². The van der Waals surface area contributed by atoms with Crippen LogP contribution >= 0.6 is 15.9 Å². The predicted octanol–water partition coefficient (Wildman–Crippen LogP) is 3.31. The minimum atomic E-state index is -3.75. The van der Waals surface area contributed by atoms with Crippen molar-refractivity contribution in [2.45, 2.75) is 18.7 Å². The third-order valence-electron chi connectivity index (χ3n) is 3.64. The van der Waals surface area contributed by atoms with Crippen molar-refractivity contribution in [1.29, 1.82) is 0 Å². The second-order valence-corrected chi connectivity index (χ2v) is 7.80. The lowest BCUT2D eigenvalue weighted by Crippen LogP contribution is -2.21. The first kappa shape index (κ1) is 19.3. The highest BCUT2D eigenvalue weighted by Gasteiger charge is 2.12. The van der Waals surface area contributed by atoms with Crippen LogP contribution in [0.2, 0.25) is 0 Å². The Morgan fingerprint density at radius 3 is 2.36 bits per heavy atom. The number of hydrazone groups is 1. The molecular weight excluding hydrogens is 406 g/mol. The number of phenolic OH excluding ortho intramolecular Hbond substituents is 1. The second-order valence-electron chi connectivity index (χ2n) is 5.22. The lowest BCUT2D eigenvalue weighted by Gasteiger charge is -2.21. The van der Waals surface area contributed by atoms with Gasteiger partial charge in [0.05, 0.1) is 11.1 Å². The molecule has 0 aliphatic heterocycles. The minimum Gasteiger partial charge on any atom is -0.507 e. The summed E-state index contributed by atoms with van der Waals surface area (Å²) in [7, 11) is -3.75. The Hall–Kier alpha value is -2.06. The topological polar surface area (TPSA) is 82.0 Å². The van der Waals surface area contributed by atoms with Crippen LogP contribution in [-0.2, 0) is 10.0 Å². The number of anilines is 1. The molecule has 2 aromatic rings. The molecule has 6 nitrogen and oxygen atoms in total. The molecular formula is C17H20BrN3O3S. The van der Waals surface area contributed by atoms with Gasteiger partial charge in [0.1, 0.15) is 5.75 Å². The average molecular weight is 426 g/mol. The van der Waals surface area contributed by atoms with E-state index in [9.17, 15) is 13.5 Å². The van der Waals surface area contributed by atoms with Crippen molar-refractivity contribution in [3.63, 3.8) is 0 Å². The number of hydrogen-bond acceptors (Lipinski definition) is 5. The molecule has 0 fully saturated rings. The summed E-state index contributed by atoms with van der Waals surface area (Å²) >= 11 is 3.25. The van der Waals surface area contributed by atoms with Gasteiger partial charge >= 0.3 is 0 Å². The Balaban J connectivity index is 2.12. The van der Waals surface area contributed by atoms with Crippen molar-refractivity contribution >= 4 is 37.9 Å². The molecule has 0 radical (unpaired) electrons. The van der Waals surface area contributed by atoms with Crippen molar-refractivity contribution in [3.8, 4) is 5.75 Å². The van der Waals surface area contributed by atoms with E-state index in [1.54, 1.807) is 24.3 Å². The van der Waals surface area contributed by atoms with Gasteiger partial charge in [-0.2, -0.15) is 13.5 Å². The standard InChI is InChI=1S/C17H20BrN3O3S/c1-3-21(4-2)15-8-5-13(17(22)11-15)12-19-20-25(23,24)16-9-6-14(18)7-10-16/h5-12,20,22H,3-4H2,1-2H3/b19-12+. The van der Waals surface area contributed by atoms with Crippen molar-refractivity contribution in [2.75, 3.05) is 18.0 Å². The monoisotopic (exact) mass is 425 g/mol. The zero-order chi connectivity index (χ0) is 18.4. The molecule has 0 bridgehead atoms. The Morgan fingerprint density at radius 1 is 1.16 bits per heavy atom. The van der Waals surface area contributed by atoms with Gasteiger partial charge in [-0.1, -0.05) is 15.9 Å². The van der Waals surface area contributed by atoms with E-state index in [-0.39, 0.29) is 10.6 Å². The number of halogens is 1. The molecule has 0 atom stereocenters. The maximum atomic E-state index is 12.1. The van der Waals surface area contributed by atoms with Crippen molar-refractivity contribution in [1.82, 2.24) is 4.83 Å². The normalized spacial score (nSPS) is 11.6. The quantitative estimate of drug-likeness (QED) is 0.526. The molecule has 0 aliphatic rings. The summed E-state index contributed by atoms with van der Waals surface area (Å²) in [6.45, 7) is 5.73. The Kier molecular flexibility index (Phi) is 6.44. The lowest BCUT2D eigenvalue weighted by molar-refractivity contribution is 0.474. The first-order chi connectivity index (χ1) is 11.9. The van der Waals surface area contributed by atoms with Gasteiger partial charge in [0.15, 0.2) is 0 Å². The van der Waals surface area contributed by atoms with Gasteiger partial charge < -0.3 is 10.0 Å². The molecule has 25 heavy (non-hydrogen) atoms. The van der Waals surface area contributed by atoms with Gasteiger partial charge in [0.25, 0.3) is 10.0 Å². The maximum Gasteiger partial charge on any atom is 0.276 e. The Morgan fingerprint density at radius 2 is 1.80 bits per heavy atom. The van der Waals surface area contributed by atoms with Gasteiger partial charge in [0, 0.05) is 34.9 Å². The van der Waals surface area contributed by atoms with Crippen LogP contribution in [0.5, 0.6) is 5.75 Å². The van der Waals surface area contributed by atoms with E-state index in [2.05, 4.69) is 30.8 Å². The van der Waals surface area contributed by atoms with Crippen LogP contribution in [0.1, 0.15) is 19.4 Å². The summed E-state index contributed by atoms with van der Waals surface area (Å²) in [6, 6.07) is 11.4. The summed E-state index contributed by atoms with van der Waals surface area (Å²) in [5.74, 6) is 0.0380. The van der Waals surface area contributed by atoms with E-state index in [0.717, 1.165) is 23.2 Å². The van der Waals surface area contributed by atoms with E-state index < -0.39 is 10.0 Å². The highest BCUT2D eigenvalue weighted by atomic mass is 79.9. The summed E-state index contributed by atoms with van der Waals surface area (Å²) in [5.41, 5.74) is 1.32. The molecule has 0 saturated carbocycles. The van der Waals surface area contributed by atoms with Gasteiger partial charge in [-0.15, -0.1) is 0 Å². The van der Waals surface area contributed by atoms with Crippen molar-refractivity contribution in [3.05, 3.63) is 52.5 Å². The number of nitrogens with one attached hydrogen (secondary N) is 1. The Bertz CT molecular complexity index is 848. The fraction of sp³-hybridized carbons (Fsp3) is 0.235. The van der Waals surface area contributed by atoms with E-state index in [0.29, 0.717) is 5.56 Å². The number of hydrogen-bond donors (Lipinski definition) is 2.